The molecule has 7 atom stereocenters. The van der Waals surface area contributed by atoms with Crippen LogP contribution in [0.3, 0.4) is 0 Å². The van der Waals surface area contributed by atoms with Crippen molar-refractivity contribution in [3.05, 3.63) is 0 Å². The summed E-state index contributed by atoms with van der Waals surface area (Å²) in [6.45, 7) is 7.55. The molecule has 26 heavy (non-hydrogen) atoms. The van der Waals surface area contributed by atoms with Crippen molar-refractivity contribution in [1.29, 1.82) is 0 Å². The third kappa shape index (κ3) is 2.68. The first-order chi connectivity index (χ1) is 12.4. The molecule has 3 aliphatic carbocycles. The fourth-order valence-electron chi connectivity index (χ4n) is 8.37. The molecule has 1 amide bonds. The highest BCUT2D eigenvalue weighted by molar-refractivity contribution is 5.77. The lowest BCUT2D eigenvalue weighted by molar-refractivity contribution is -0.158. The molecule has 4 aliphatic rings. The summed E-state index contributed by atoms with van der Waals surface area (Å²) in [6.07, 6.45) is 16.1. The molecular weight excluding hydrogens is 318 g/mol. The summed E-state index contributed by atoms with van der Waals surface area (Å²) in [5.74, 6) is 4.15. The second-order valence-electron chi connectivity index (χ2n) is 10.8. The first kappa shape index (κ1) is 18.8. The number of nitrogens with zero attached hydrogens (tertiary/aromatic N) is 1. The Bertz CT molecular complexity index is 544. The highest BCUT2D eigenvalue weighted by Crippen LogP contribution is 2.66. The van der Waals surface area contributed by atoms with E-state index in [2.05, 4.69) is 32.7 Å². The Labute approximate surface area is 161 Å². The molecule has 148 valence electrons. The number of rotatable bonds is 4. The first-order valence-electron chi connectivity index (χ1n) is 11.7. The molecule has 0 spiro atoms. The number of unbranched alkanes of at least 4 members (excludes halogenated alkanes) is 2. The standard InChI is InChI=1S/C24H41NO/c1-5-6-7-8-17-9-11-19-18-10-12-21-24(3,16-14-22(26)25(21)4)20(18)13-15-23(17,19)2/h17-21H,5-16H2,1-4H3/t17?,18?,19?,20?,21-,23?,24?/m1/s1. The highest BCUT2D eigenvalue weighted by atomic mass is 16.2. The lowest BCUT2D eigenvalue weighted by Gasteiger charge is -2.62. The summed E-state index contributed by atoms with van der Waals surface area (Å²) >= 11 is 0. The summed E-state index contributed by atoms with van der Waals surface area (Å²) in [5.41, 5.74) is 1.00. The van der Waals surface area contributed by atoms with Gasteiger partial charge in [0.1, 0.15) is 0 Å². The van der Waals surface area contributed by atoms with Crippen LogP contribution in [0.1, 0.15) is 97.8 Å². The molecule has 4 fully saturated rings. The SMILES string of the molecule is CCCCCC1CCC2C3CC[C@H]4N(C)C(=O)CCC4(C)C3CCC12C. The van der Waals surface area contributed by atoms with Crippen LogP contribution in [0.15, 0.2) is 0 Å². The molecule has 2 heteroatoms. The van der Waals surface area contributed by atoms with Crippen molar-refractivity contribution in [3.63, 3.8) is 0 Å². The molecule has 1 aliphatic heterocycles. The summed E-state index contributed by atoms with van der Waals surface area (Å²) in [7, 11) is 2.08. The molecule has 0 N–H and O–H groups in total. The third-order valence-corrected chi connectivity index (χ3v) is 9.91. The number of hydrogen-bond donors (Lipinski definition) is 0. The zero-order valence-corrected chi connectivity index (χ0v) is 17.7. The predicted octanol–water partition coefficient (Wildman–Crippen LogP) is 6.05. The van der Waals surface area contributed by atoms with E-state index in [9.17, 15) is 4.79 Å². The fourth-order valence-corrected chi connectivity index (χ4v) is 8.37. The molecule has 3 saturated carbocycles. The molecule has 1 heterocycles. The highest BCUT2D eigenvalue weighted by Gasteiger charge is 2.60. The Balaban J connectivity index is 1.53. The minimum absolute atomic E-state index is 0.382. The van der Waals surface area contributed by atoms with Crippen molar-refractivity contribution in [2.75, 3.05) is 7.05 Å². The van der Waals surface area contributed by atoms with E-state index < -0.39 is 0 Å². The Hall–Kier alpha value is -0.530. The number of carbonyl (C=O) groups excluding carboxylic acids is 1. The van der Waals surface area contributed by atoms with E-state index >= 15 is 0 Å². The monoisotopic (exact) mass is 359 g/mol. The van der Waals surface area contributed by atoms with Gasteiger partial charge in [0, 0.05) is 19.5 Å². The van der Waals surface area contributed by atoms with E-state index in [0.29, 0.717) is 22.8 Å². The van der Waals surface area contributed by atoms with E-state index in [1.54, 1.807) is 0 Å². The van der Waals surface area contributed by atoms with Crippen LogP contribution >= 0.6 is 0 Å². The topological polar surface area (TPSA) is 20.3 Å². The molecule has 4 rings (SSSR count). The average Bonchev–Trinajstić information content (AvgIpc) is 2.96. The van der Waals surface area contributed by atoms with Gasteiger partial charge in [-0.3, -0.25) is 4.79 Å². The third-order valence-electron chi connectivity index (χ3n) is 9.91. The summed E-state index contributed by atoms with van der Waals surface area (Å²) in [4.78, 5) is 14.4. The van der Waals surface area contributed by atoms with E-state index in [1.807, 2.05) is 0 Å². The Morgan fingerprint density at radius 2 is 1.73 bits per heavy atom. The second-order valence-corrected chi connectivity index (χ2v) is 10.8. The largest absolute Gasteiger partial charge is 0.342 e. The van der Waals surface area contributed by atoms with E-state index in [4.69, 9.17) is 0 Å². The molecular formula is C24H41NO. The van der Waals surface area contributed by atoms with Crippen LogP contribution in [0.25, 0.3) is 0 Å². The summed E-state index contributed by atoms with van der Waals surface area (Å²) in [5, 5.41) is 0. The lowest BCUT2D eigenvalue weighted by Crippen LogP contribution is -2.61. The molecule has 0 radical (unpaired) electrons. The van der Waals surface area contributed by atoms with Gasteiger partial charge in [0.05, 0.1) is 0 Å². The quantitative estimate of drug-likeness (QED) is 0.560. The van der Waals surface area contributed by atoms with Crippen LogP contribution in [0, 0.1) is 34.5 Å². The predicted molar refractivity (Wildman–Crippen MR) is 108 cm³/mol. The van der Waals surface area contributed by atoms with Crippen molar-refractivity contribution in [2.24, 2.45) is 34.5 Å². The summed E-state index contributed by atoms with van der Waals surface area (Å²) < 4.78 is 0. The zero-order chi connectivity index (χ0) is 18.5. The molecule has 0 bridgehead atoms. The van der Waals surface area contributed by atoms with Crippen LogP contribution in [-0.2, 0) is 4.79 Å². The fraction of sp³-hybridized carbons (Fsp3) is 0.958. The normalized spacial score (nSPS) is 48.1. The van der Waals surface area contributed by atoms with Gasteiger partial charge in [-0.2, -0.15) is 0 Å². The first-order valence-corrected chi connectivity index (χ1v) is 11.7. The Morgan fingerprint density at radius 3 is 2.50 bits per heavy atom. The minimum atomic E-state index is 0.382. The second kappa shape index (κ2) is 6.82. The van der Waals surface area contributed by atoms with Gasteiger partial charge in [-0.15, -0.1) is 0 Å². The molecule has 1 saturated heterocycles. The summed E-state index contributed by atoms with van der Waals surface area (Å²) in [6, 6.07) is 0.510. The number of amides is 1. The van der Waals surface area contributed by atoms with Gasteiger partial charge in [0.15, 0.2) is 0 Å². The maximum atomic E-state index is 12.3. The molecule has 6 unspecified atom stereocenters. The number of likely N-dealkylation sites (tertiary alicyclic amines) is 1. The number of fused-ring (bicyclic) bond motifs is 5. The van der Waals surface area contributed by atoms with Gasteiger partial charge in [-0.1, -0.05) is 40.0 Å². The van der Waals surface area contributed by atoms with Gasteiger partial charge < -0.3 is 4.90 Å². The Kier molecular flexibility index (Phi) is 4.93. The number of piperidine rings is 1. The van der Waals surface area contributed by atoms with Crippen LogP contribution in [0.5, 0.6) is 0 Å². The molecule has 2 nitrogen and oxygen atoms in total. The number of hydrogen-bond acceptors (Lipinski definition) is 1. The van der Waals surface area contributed by atoms with Crippen LogP contribution in [-0.4, -0.2) is 23.9 Å². The van der Waals surface area contributed by atoms with Crippen LogP contribution in [0.4, 0.5) is 0 Å². The Morgan fingerprint density at radius 1 is 0.962 bits per heavy atom. The average molecular weight is 360 g/mol. The van der Waals surface area contributed by atoms with Crippen molar-refractivity contribution < 1.29 is 4.79 Å². The maximum absolute atomic E-state index is 12.3. The molecule has 0 aromatic rings. The van der Waals surface area contributed by atoms with Crippen LogP contribution in [0.2, 0.25) is 0 Å². The lowest BCUT2D eigenvalue weighted by atomic mass is 9.46. The van der Waals surface area contributed by atoms with Gasteiger partial charge >= 0.3 is 0 Å². The van der Waals surface area contributed by atoms with Crippen molar-refractivity contribution in [3.8, 4) is 0 Å². The zero-order valence-electron chi connectivity index (χ0n) is 17.7. The smallest absolute Gasteiger partial charge is 0.222 e. The van der Waals surface area contributed by atoms with Gasteiger partial charge in [-0.05, 0) is 85.9 Å². The van der Waals surface area contributed by atoms with E-state index in [0.717, 1.165) is 36.5 Å². The minimum Gasteiger partial charge on any atom is -0.342 e. The van der Waals surface area contributed by atoms with Gasteiger partial charge in [-0.25, -0.2) is 0 Å². The van der Waals surface area contributed by atoms with E-state index in [1.165, 1.54) is 64.2 Å². The van der Waals surface area contributed by atoms with Crippen molar-refractivity contribution in [2.45, 2.75) is 104 Å². The maximum Gasteiger partial charge on any atom is 0.222 e. The molecule has 0 aromatic heterocycles. The molecule has 0 aromatic carbocycles. The van der Waals surface area contributed by atoms with Crippen LogP contribution < -0.4 is 0 Å². The van der Waals surface area contributed by atoms with Gasteiger partial charge in [0.2, 0.25) is 5.91 Å². The van der Waals surface area contributed by atoms with E-state index in [-0.39, 0.29) is 0 Å². The van der Waals surface area contributed by atoms with Crippen molar-refractivity contribution in [1.82, 2.24) is 4.90 Å². The number of carbonyl (C=O) groups is 1. The van der Waals surface area contributed by atoms with Gasteiger partial charge in [0.25, 0.3) is 0 Å². The van der Waals surface area contributed by atoms with Crippen molar-refractivity contribution >= 4 is 5.91 Å².